The summed E-state index contributed by atoms with van der Waals surface area (Å²) in [5.41, 5.74) is 0.846. The molecule has 0 aliphatic rings. The number of amides is 1. The van der Waals surface area contributed by atoms with E-state index in [1.807, 2.05) is 47.8 Å². The molecule has 84 valence electrons. The van der Waals surface area contributed by atoms with Gasteiger partial charge in [0.1, 0.15) is 0 Å². The van der Waals surface area contributed by atoms with Crippen LogP contribution >= 0.6 is 11.3 Å². The van der Waals surface area contributed by atoms with Gasteiger partial charge in [0.2, 0.25) is 0 Å². The van der Waals surface area contributed by atoms with E-state index in [9.17, 15) is 4.79 Å². The van der Waals surface area contributed by atoms with E-state index in [4.69, 9.17) is 0 Å². The molecule has 2 aromatic rings. The molecule has 0 aliphatic carbocycles. The van der Waals surface area contributed by atoms with E-state index >= 15 is 0 Å². The van der Waals surface area contributed by atoms with Crippen LogP contribution in [0.2, 0.25) is 0 Å². The van der Waals surface area contributed by atoms with Crippen molar-refractivity contribution in [2.24, 2.45) is 0 Å². The second-order valence-corrected chi connectivity index (χ2v) is 4.41. The van der Waals surface area contributed by atoms with Crippen LogP contribution in [-0.4, -0.2) is 5.91 Å². The Kier molecular flexibility index (Phi) is 3.95. The van der Waals surface area contributed by atoms with Crippen LogP contribution in [0.15, 0.2) is 47.8 Å². The summed E-state index contributed by atoms with van der Waals surface area (Å²) in [4.78, 5) is 12.6. The maximum atomic E-state index is 11.4. The summed E-state index contributed by atoms with van der Waals surface area (Å²) < 4.78 is 0. The highest BCUT2D eigenvalue weighted by atomic mass is 32.1. The lowest BCUT2D eigenvalue weighted by Crippen LogP contribution is -2.20. The summed E-state index contributed by atoms with van der Waals surface area (Å²) in [5.74, 6) is 5.13. The first kappa shape index (κ1) is 11.4. The van der Waals surface area contributed by atoms with Crippen LogP contribution in [-0.2, 0) is 11.3 Å². The first-order valence-electron chi connectivity index (χ1n) is 5.22. The van der Waals surface area contributed by atoms with Crippen molar-refractivity contribution in [1.82, 2.24) is 5.32 Å². The van der Waals surface area contributed by atoms with Crippen molar-refractivity contribution in [3.8, 4) is 11.8 Å². The largest absolute Gasteiger partial charge is 0.340 e. The van der Waals surface area contributed by atoms with Crippen molar-refractivity contribution in [3.63, 3.8) is 0 Å². The van der Waals surface area contributed by atoms with Crippen LogP contribution in [0.1, 0.15) is 10.4 Å². The first-order valence-corrected chi connectivity index (χ1v) is 6.10. The Morgan fingerprint density at radius 3 is 2.71 bits per heavy atom. The van der Waals surface area contributed by atoms with Crippen LogP contribution in [0.3, 0.4) is 0 Å². The lowest BCUT2D eigenvalue weighted by Gasteiger charge is -1.96. The fourth-order valence-corrected chi connectivity index (χ4v) is 1.92. The predicted octanol–water partition coefficient (Wildman–Crippen LogP) is 2.42. The first-order chi connectivity index (χ1) is 8.34. The van der Waals surface area contributed by atoms with Gasteiger partial charge in [0, 0.05) is 16.4 Å². The van der Waals surface area contributed by atoms with E-state index < -0.39 is 0 Å². The summed E-state index contributed by atoms with van der Waals surface area (Å²) in [6.07, 6.45) is 0. The van der Waals surface area contributed by atoms with Gasteiger partial charge in [-0.1, -0.05) is 30.2 Å². The number of rotatable bonds is 2. The van der Waals surface area contributed by atoms with Crippen molar-refractivity contribution in [2.45, 2.75) is 6.54 Å². The van der Waals surface area contributed by atoms with Crippen LogP contribution in [0.25, 0.3) is 0 Å². The van der Waals surface area contributed by atoms with E-state index in [-0.39, 0.29) is 5.91 Å². The topological polar surface area (TPSA) is 29.1 Å². The molecule has 0 atom stereocenters. The summed E-state index contributed by atoms with van der Waals surface area (Å²) in [5, 5.41) is 4.74. The molecule has 0 aliphatic heterocycles. The number of carbonyl (C=O) groups is 1. The molecule has 0 saturated heterocycles. The highest BCUT2D eigenvalue weighted by Gasteiger charge is 1.96. The average molecular weight is 241 g/mol. The maximum absolute atomic E-state index is 11.4. The van der Waals surface area contributed by atoms with Gasteiger partial charge >= 0.3 is 0 Å². The Morgan fingerprint density at radius 2 is 2.00 bits per heavy atom. The summed E-state index contributed by atoms with van der Waals surface area (Å²) >= 11 is 1.62. The molecule has 0 spiro atoms. The zero-order valence-corrected chi connectivity index (χ0v) is 9.96. The number of thiophene rings is 1. The van der Waals surface area contributed by atoms with Crippen LogP contribution in [0.5, 0.6) is 0 Å². The van der Waals surface area contributed by atoms with Gasteiger partial charge in [-0.3, -0.25) is 4.79 Å². The van der Waals surface area contributed by atoms with Gasteiger partial charge < -0.3 is 5.32 Å². The minimum atomic E-state index is -0.248. The molecule has 1 aromatic carbocycles. The minimum absolute atomic E-state index is 0.248. The molecule has 3 heteroatoms. The zero-order valence-electron chi connectivity index (χ0n) is 9.14. The fourth-order valence-electron chi connectivity index (χ4n) is 1.28. The molecule has 0 saturated carbocycles. The van der Waals surface area contributed by atoms with Crippen molar-refractivity contribution in [1.29, 1.82) is 0 Å². The van der Waals surface area contributed by atoms with Gasteiger partial charge in [-0.25, -0.2) is 0 Å². The monoisotopic (exact) mass is 241 g/mol. The van der Waals surface area contributed by atoms with Gasteiger partial charge in [-0.15, -0.1) is 11.3 Å². The van der Waals surface area contributed by atoms with Gasteiger partial charge in [0.25, 0.3) is 5.91 Å². The normalized spacial score (nSPS) is 9.18. The molecule has 1 heterocycles. The molecular formula is C14H11NOS. The van der Waals surface area contributed by atoms with Crippen LogP contribution in [0, 0.1) is 11.8 Å². The van der Waals surface area contributed by atoms with Gasteiger partial charge in [-0.05, 0) is 23.6 Å². The Balaban J connectivity index is 1.88. The Labute approximate surface area is 104 Å². The maximum Gasteiger partial charge on any atom is 0.296 e. The van der Waals surface area contributed by atoms with E-state index in [1.165, 1.54) is 0 Å². The van der Waals surface area contributed by atoms with E-state index in [0.717, 1.165) is 10.4 Å². The zero-order chi connectivity index (χ0) is 11.9. The smallest absolute Gasteiger partial charge is 0.296 e. The lowest BCUT2D eigenvalue weighted by atomic mass is 10.2. The van der Waals surface area contributed by atoms with Gasteiger partial charge in [0.15, 0.2) is 0 Å². The quantitative estimate of drug-likeness (QED) is 0.804. The molecule has 1 aromatic heterocycles. The summed E-state index contributed by atoms with van der Waals surface area (Å²) in [6.45, 7) is 0.542. The Hall–Kier alpha value is -2.05. The third-order valence-electron chi connectivity index (χ3n) is 2.10. The van der Waals surface area contributed by atoms with Crippen molar-refractivity contribution >= 4 is 17.2 Å². The molecule has 1 amide bonds. The number of hydrogen-bond donors (Lipinski definition) is 1. The number of carbonyl (C=O) groups excluding carboxylic acids is 1. The number of hydrogen-bond acceptors (Lipinski definition) is 2. The average Bonchev–Trinajstić information content (AvgIpc) is 2.88. The van der Waals surface area contributed by atoms with Crippen LogP contribution in [0.4, 0.5) is 0 Å². The standard InChI is InChI=1S/C14H11NOS/c16-14(15-11-13-7-4-10-17-13)9-8-12-5-2-1-3-6-12/h1-7,10H,11H2,(H,15,16). The number of benzene rings is 1. The van der Waals surface area contributed by atoms with Gasteiger partial charge in [0.05, 0.1) is 6.54 Å². The molecule has 0 bridgehead atoms. The SMILES string of the molecule is O=C(C#Cc1ccccc1)NCc1cccs1. The molecule has 0 radical (unpaired) electrons. The summed E-state index contributed by atoms with van der Waals surface area (Å²) in [6, 6.07) is 13.4. The van der Waals surface area contributed by atoms with E-state index in [0.29, 0.717) is 6.54 Å². The lowest BCUT2D eigenvalue weighted by molar-refractivity contribution is -0.115. The van der Waals surface area contributed by atoms with Crippen LogP contribution < -0.4 is 5.32 Å². The van der Waals surface area contributed by atoms with Crippen molar-refractivity contribution in [2.75, 3.05) is 0 Å². The van der Waals surface area contributed by atoms with E-state index in [1.54, 1.807) is 11.3 Å². The fraction of sp³-hybridized carbons (Fsp3) is 0.0714. The Morgan fingerprint density at radius 1 is 1.18 bits per heavy atom. The van der Waals surface area contributed by atoms with Gasteiger partial charge in [-0.2, -0.15) is 0 Å². The molecule has 0 fully saturated rings. The molecule has 2 nitrogen and oxygen atoms in total. The molecule has 1 N–H and O–H groups in total. The molecule has 2 rings (SSSR count). The van der Waals surface area contributed by atoms with Crippen molar-refractivity contribution < 1.29 is 4.79 Å². The second kappa shape index (κ2) is 5.88. The minimum Gasteiger partial charge on any atom is -0.340 e. The highest BCUT2D eigenvalue weighted by Crippen LogP contribution is 2.06. The molecule has 0 unspecified atom stereocenters. The predicted molar refractivity (Wildman–Crippen MR) is 69.5 cm³/mol. The third-order valence-corrected chi connectivity index (χ3v) is 2.97. The molecule has 17 heavy (non-hydrogen) atoms. The summed E-state index contributed by atoms with van der Waals surface area (Å²) in [7, 11) is 0. The molecular weight excluding hydrogens is 230 g/mol. The highest BCUT2D eigenvalue weighted by molar-refractivity contribution is 7.09. The van der Waals surface area contributed by atoms with Crippen molar-refractivity contribution in [3.05, 3.63) is 58.3 Å². The second-order valence-electron chi connectivity index (χ2n) is 3.38. The van der Waals surface area contributed by atoms with E-state index in [2.05, 4.69) is 17.2 Å². The number of nitrogens with one attached hydrogen (secondary N) is 1. The third kappa shape index (κ3) is 3.78. The Bertz CT molecular complexity index is 535.